The molecule has 0 aromatic rings. The Bertz CT molecular complexity index is 354. The Hall–Kier alpha value is -1.32. The zero-order valence-corrected chi connectivity index (χ0v) is 10.8. The number of hydrogen-bond donors (Lipinski definition) is 1. The number of rotatable bonds is 5. The van der Waals surface area contributed by atoms with E-state index in [0.717, 1.165) is 6.42 Å². The average molecular weight is 240 g/mol. The normalized spacial score (nSPS) is 26.5. The van der Waals surface area contributed by atoms with Crippen molar-refractivity contribution in [1.29, 1.82) is 0 Å². The molecule has 1 aliphatic carbocycles. The molecule has 0 spiro atoms. The Morgan fingerprint density at radius 2 is 2.00 bits per heavy atom. The molecule has 4 heteroatoms. The van der Waals surface area contributed by atoms with Gasteiger partial charge in [0.2, 0.25) is 0 Å². The van der Waals surface area contributed by atoms with Crippen LogP contribution >= 0.6 is 0 Å². The summed E-state index contributed by atoms with van der Waals surface area (Å²) in [5.74, 6) is -1.62. The van der Waals surface area contributed by atoms with E-state index < -0.39 is 11.9 Å². The third-order valence-corrected chi connectivity index (χ3v) is 3.37. The van der Waals surface area contributed by atoms with Gasteiger partial charge in [0, 0.05) is 5.57 Å². The van der Waals surface area contributed by atoms with E-state index in [2.05, 4.69) is 0 Å². The predicted molar refractivity (Wildman–Crippen MR) is 63.4 cm³/mol. The quantitative estimate of drug-likeness (QED) is 0.591. The number of allylic oxidation sites excluding steroid dienone is 1. The van der Waals surface area contributed by atoms with Crippen molar-refractivity contribution in [3.8, 4) is 0 Å². The van der Waals surface area contributed by atoms with Crippen LogP contribution in [0.15, 0.2) is 11.6 Å². The average Bonchev–Trinajstić information content (AvgIpc) is 2.76. The van der Waals surface area contributed by atoms with Crippen LogP contribution in [0, 0.1) is 17.3 Å². The lowest BCUT2D eigenvalue weighted by Crippen LogP contribution is -2.07. The summed E-state index contributed by atoms with van der Waals surface area (Å²) >= 11 is 0. The number of carboxylic acid groups (broad SMARTS) is 1. The molecule has 0 aromatic carbocycles. The van der Waals surface area contributed by atoms with Crippen molar-refractivity contribution in [3.05, 3.63) is 11.6 Å². The SMILES string of the molecule is CCCOC(=O)/C(C)=C/[C@@H]1[C@@H](C(=O)O)C1(C)C. The van der Waals surface area contributed by atoms with Crippen molar-refractivity contribution >= 4 is 11.9 Å². The first-order chi connectivity index (χ1) is 7.82. The molecule has 1 saturated carbocycles. The number of carboxylic acids is 1. The van der Waals surface area contributed by atoms with Crippen LogP contribution in [0.5, 0.6) is 0 Å². The minimum atomic E-state index is -0.800. The lowest BCUT2D eigenvalue weighted by atomic mass is 10.1. The molecular formula is C13H20O4. The van der Waals surface area contributed by atoms with E-state index in [9.17, 15) is 9.59 Å². The van der Waals surface area contributed by atoms with Crippen LogP contribution in [0.25, 0.3) is 0 Å². The molecule has 0 aliphatic heterocycles. The molecule has 0 unspecified atom stereocenters. The first-order valence-corrected chi connectivity index (χ1v) is 5.90. The van der Waals surface area contributed by atoms with Crippen molar-refractivity contribution in [2.75, 3.05) is 6.61 Å². The molecule has 2 atom stereocenters. The summed E-state index contributed by atoms with van der Waals surface area (Å²) in [6.07, 6.45) is 2.52. The maximum Gasteiger partial charge on any atom is 0.333 e. The summed E-state index contributed by atoms with van der Waals surface area (Å²) < 4.78 is 4.99. The van der Waals surface area contributed by atoms with Gasteiger partial charge >= 0.3 is 11.9 Å². The first-order valence-electron chi connectivity index (χ1n) is 5.90. The summed E-state index contributed by atoms with van der Waals surface area (Å²) in [6.45, 7) is 7.80. The fraction of sp³-hybridized carbons (Fsp3) is 0.692. The van der Waals surface area contributed by atoms with Crippen LogP contribution in [0.3, 0.4) is 0 Å². The molecule has 1 fully saturated rings. The maximum absolute atomic E-state index is 11.5. The van der Waals surface area contributed by atoms with Gasteiger partial charge in [0.15, 0.2) is 0 Å². The molecule has 0 aromatic heterocycles. The molecule has 0 amide bonds. The van der Waals surface area contributed by atoms with Gasteiger partial charge < -0.3 is 9.84 Å². The van der Waals surface area contributed by atoms with E-state index in [1.165, 1.54) is 0 Å². The van der Waals surface area contributed by atoms with Gasteiger partial charge in [-0.1, -0.05) is 26.8 Å². The van der Waals surface area contributed by atoms with E-state index in [-0.39, 0.29) is 17.3 Å². The van der Waals surface area contributed by atoms with Crippen LogP contribution in [-0.4, -0.2) is 23.7 Å². The van der Waals surface area contributed by atoms with Gasteiger partial charge in [-0.3, -0.25) is 4.79 Å². The van der Waals surface area contributed by atoms with Crippen molar-refractivity contribution in [1.82, 2.24) is 0 Å². The summed E-state index contributed by atoms with van der Waals surface area (Å²) in [5, 5.41) is 9.01. The Labute approximate surface area is 102 Å². The smallest absolute Gasteiger partial charge is 0.333 e. The zero-order chi connectivity index (χ0) is 13.2. The molecule has 1 N–H and O–H groups in total. The highest BCUT2D eigenvalue weighted by molar-refractivity contribution is 5.88. The molecular weight excluding hydrogens is 220 g/mol. The Balaban J connectivity index is 2.65. The van der Waals surface area contributed by atoms with Crippen molar-refractivity contribution < 1.29 is 19.4 Å². The Morgan fingerprint density at radius 1 is 1.41 bits per heavy atom. The van der Waals surface area contributed by atoms with Crippen LogP contribution in [0.2, 0.25) is 0 Å². The van der Waals surface area contributed by atoms with Gasteiger partial charge in [-0.05, 0) is 24.7 Å². The molecule has 0 radical (unpaired) electrons. The number of esters is 1. The molecule has 96 valence electrons. The van der Waals surface area contributed by atoms with Gasteiger partial charge in [0.25, 0.3) is 0 Å². The second kappa shape index (κ2) is 4.90. The zero-order valence-electron chi connectivity index (χ0n) is 10.8. The fourth-order valence-electron chi connectivity index (χ4n) is 2.11. The Morgan fingerprint density at radius 3 is 2.41 bits per heavy atom. The van der Waals surface area contributed by atoms with E-state index >= 15 is 0 Å². The number of ether oxygens (including phenoxy) is 1. The highest BCUT2D eigenvalue weighted by Crippen LogP contribution is 2.59. The third kappa shape index (κ3) is 2.87. The van der Waals surface area contributed by atoms with Gasteiger partial charge in [-0.15, -0.1) is 0 Å². The van der Waals surface area contributed by atoms with Gasteiger partial charge in [0.1, 0.15) is 0 Å². The van der Waals surface area contributed by atoms with Crippen LogP contribution < -0.4 is 0 Å². The monoisotopic (exact) mass is 240 g/mol. The molecule has 0 bridgehead atoms. The van der Waals surface area contributed by atoms with E-state index in [1.54, 1.807) is 13.0 Å². The second-order valence-electron chi connectivity index (χ2n) is 5.15. The summed E-state index contributed by atoms with van der Waals surface area (Å²) in [5.41, 5.74) is 0.235. The van der Waals surface area contributed by atoms with Crippen LogP contribution in [0.1, 0.15) is 34.1 Å². The standard InChI is InChI=1S/C13H20O4/c1-5-6-17-12(16)8(2)7-9-10(11(14)15)13(9,3)4/h7,9-10H,5-6H2,1-4H3,(H,14,15)/b8-7+/t9-,10+/m1/s1. The summed E-state index contributed by atoms with van der Waals surface area (Å²) in [7, 11) is 0. The molecule has 1 aliphatic rings. The van der Waals surface area contributed by atoms with Crippen molar-refractivity contribution in [2.45, 2.75) is 34.1 Å². The van der Waals surface area contributed by atoms with Gasteiger partial charge in [-0.25, -0.2) is 4.79 Å². The Kier molecular flexibility index (Phi) is 3.96. The predicted octanol–water partition coefficient (Wildman–Crippen LogP) is 2.24. The van der Waals surface area contributed by atoms with Crippen LogP contribution in [0.4, 0.5) is 0 Å². The molecule has 4 nitrogen and oxygen atoms in total. The van der Waals surface area contributed by atoms with E-state index in [4.69, 9.17) is 9.84 Å². The lowest BCUT2D eigenvalue weighted by molar-refractivity contribution is -0.140. The third-order valence-electron chi connectivity index (χ3n) is 3.37. The molecule has 0 saturated heterocycles. The van der Waals surface area contributed by atoms with E-state index in [1.807, 2.05) is 20.8 Å². The number of carbonyl (C=O) groups excluding carboxylic acids is 1. The summed E-state index contributed by atoms with van der Waals surface area (Å²) in [4.78, 5) is 22.5. The van der Waals surface area contributed by atoms with Gasteiger partial charge in [0.05, 0.1) is 12.5 Å². The minimum absolute atomic E-state index is 0.0748. The lowest BCUT2D eigenvalue weighted by Gasteiger charge is -2.03. The molecule has 1 rings (SSSR count). The van der Waals surface area contributed by atoms with Crippen molar-refractivity contribution in [2.24, 2.45) is 17.3 Å². The largest absolute Gasteiger partial charge is 0.481 e. The first kappa shape index (κ1) is 13.7. The van der Waals surface area contributed by atoms with Gasteiger partial charge in [-0.2, -0.15) is 0 Å². The topological polar surface area (TPSA) is 63.6 Å². The van der Waals surface area contributed by atoms with Crippen molar-refractivity contribution in [3.63, 3.8) is 0 Å². The molecule has 17 heavy (non-hydrogen) atoms. The summed E-state index contributed by atoms with van der Waals surface area (Å²) in [6, 6.07) is 0. The second-order valence-corrected chi connectivity index (χ2v) is 5.15. The minimum Gasteiger partial charge on any atom is -0.481 e. The maximum atomic E-state index is 11.5. The van der Waals surface area contributed by atoms with Crippen LogP contribution in [-0.2, 0) is 14.3 Å². The number of hydrogen-bond acceptors (Lipinski definition) is 3. The highest BCUT2D eigenvalue weighted by atomic mass is 16.5. The fourth-order valence-corrected chi connectivity index (χ4v) is 2.11. The molecule has 0 heterocycles. The van der Waals surface area contributed by atoms with E-state index in [0.29, 0.717) is 12.2 Å². The number of carbonyl (C=O) groups is 2. The highest BCUT2D eigenvalue weighted by Gasteiger charge is 2.61. The number of aliphatic carboxylic acids is 1.